The third-order valence-electron chi connectivity index (χ3n) is 2.81. The highest BCUT2D eigenvalue weighted by Gasteiger charge is 2.32. The van der Waals surface area contributed by atoms with E-state index in [9.17, 15) is 9.59 Å². The van der Waals surface area contributed by atoms with Gasteiger partial charge < -0.3 is 0 Å². The molecule has 1 aromatic heterocycles. The van der Waals surface area contributed by atoms with E-state index in [1.54, 1.807) is 12.3 Å². The van der Waals surface area contributed by atoms with Gasteiger partial charge in [0.05, 0.1) is 0 Å². The fourth-order valence-corrected chi connectivity index (χ4v) is 2.11. The van der Waals surface area contributed by atoms with Crippen molar-refractivity contribution < 1.29 is 9.59 Å². The van der Waals surface area contributed by atoms with Crippen LogP contribution in [0.25, 0.3) is 0 Å². The van der Waals surface area contributed by atoms with Gasteiger partial charge in [-0.05, 0) is 40.4 Å². The summed E-state index contributed by atoms with van der Waals surface area (Å²) in [4.78, 5) is 29.1. The Balaban J connectivity index is 2.35. The second-order valence-electron chi connectivity index (χ2n) is 4.43. The standard InChI is InChI=1S/C12H13BrN2O2/c1-7-3-11(16)15(12(17)4-7)10-5-8(2)9(13)6-14-10/h5-7H,3-4H2,1-2H3. The predicted molar refractivity (Wildman–Crippen MR) is 67.6 cm³/mol. The Bertz CT molecular complexity index is 469. The van der Waals surface area contributed by atoms with Gasteiger partial charge in [0.15, 0.2) is 0 Å². The van der Waals surface area contributed by atoms with Gasteiger partial charge in [0.25, 0.3) is 0 Å². The number of hydrogen-bond donors (Lipinski definition) is 0. The van der Waals surface area contributed by atoms with Gasteiger partial charge in [0.2, 0.25) is 11.8 Å². The molecule has 0 aromatic carbocycles. The zero-order valence-electron chi connectivity index (χ0n) is 9.74. The summed E-state index contributed by atoms with van der Waals surface area (Å²) in [7, 11) is 0. The molecular weight excluding hydrogens is 284 g/mol. The Kier molecular flexibility index (Phi) is 3.28. The zero-order valence-corrected chi connectivity index (χ0v) is 11.3. The molecule has 0 atom stereocenters. The number of hydrogen-bond acceptors (Lipinski definition) is 3. The molecule has 17 heavy (non-hydrogen) atoms. The summed E-state index contributed by atoms with van der Waals surface area (Å²) >= 11 is 3.34. The molecule has 0 spiro atoms. The van der Waals surface area contributed by atoms with E-state index in [1.807, 2.05) is 13.8 Å². The first-order valence-corrected chi connectivity index (χ1v) is 6.26. The average Bonchev–Trinajstić information content (AvgIpc) is 2.21. The van der Waals surface area contributed by atoms with E-state index in [0.717, 1.165) is 10.0 Å². The predicted octanol–water partition coefficient (Wildman–Crippen LogP) is 2.44. The monoisotopic (exact) mass is 296 g/mol. The highest BCUT2D eigenvalue weighted by Crippen LogP contribution is 2.26. The van der Waals surface area contributed by atoms with Gasteiger partial charge in [-0.1, -0.05) is 6.92 Å². The van der Waals surface area contributed by atoms with E-state index in [0.29, 0.717) is 18.7 Å². The molecule has 0 radical (unpaired) electrons. The smallest absolute Gasteiger partial charge is 0.235 e. The molecule has 90 valence electrons. The molecule has 4 nitrogen and oxygen atoms in total. The first-order chi connectivity index (χ1) is 7.99. The lowest BCUT2D eigenvalue weighted by atomic mass is 9.98. The lowest BCUT2D eigenvalue weighted by molar-refractivity contribution is -0.130. The van der Waals surface area contributed by atoms with Crippen molar-refractivity contribution in [3.8, 4) is 0 Å². The Hall–Kier alpha value is -1.23. The molecule has 2 rings (SSSR count). The molecule has 0 N–H and O–H groups in total. The number of pyridine rings is 1. The number of amides is 2. The highest BCUT2D eigenvalue weighted by atomic mass is 79.9. The molecule has 0 aliphatic carbocycles. The Morgan fingerprint density at radius 1 is 1.35 bits per heavy atom. The molecule has 5 heteroatoms. The van der Waals surface area contributed by atoms with Gasteiger partial charge in [-0.25, -0.2) is 9.88 Å². The summed E-state index contributed by atoms with van der Waals surface area (Å²) in [6.07, 6.45) is 2.42. The summed E-state index contributed by atoms with van der Waals surface area (Å²) in [5.41, 5.74) is 0.953. The molecule has 1 fully saturated rings. The topological polar surface area (TPSA) is 50.3 Å². The molecule has 2 heterocycles. The van der Waals surface area contributed by atoms with Crippen LogP contribution in [0.1, 0.15) is 25.3 Å². The second kappa shape index (κ2) is 4.56. The third kappa shape index (κ3) is 2.39. The quantitative estimate of drug-likeness (QED) is 0.748. The maximum Gasteiger partial charge on any atom is 0.235 e. The van der Waals surface area contributed by atoms with Crippen molar-refractivity contribution in [3.63, 3.8) is 0 Å². The summed E-state index contributed by atoms with van der Waals surface area (Å²) in [5, 5.41) is 0. The molecule has 1 aliphatic rings. The van der Waals surface area contributed by atoms with Crippen LogP contribution in [0.4, 0.5) is 5.82 Å². The van der Waals surface area contributed by atoms with Gasteiger partial charge in [-0.3, -0.25) is 9.59 Å². The van der Waals surface area contributed by atoms with Crippen molar-refractivity contribution in [1.82, 2.24) is 4.98 Å². The first kappa shape index (κ1) is 12.2. The van der Waals surface area contributed by atoms with Crippen LogP contribution in [-0.4, -0.2) is 16.8 Å². The molecule has 1 aromatic rings. The van der Waals surface area contributed by atoms with Crippen LogP contribution < -0.4 is 4.90 Å². The SMILES string of the molecule is Cc1cc(N2C(=O)CC(C)CC2=O)ncc1Br. The minimum Gasteiger partial charge on any atom is -0.274 e. The maximum atomic E-state index is 11.9. The van der Waals surface area contributed by atoms with Crippen LogP contribution in [-0.2, 0) is 9.59 Å². The van der Waals surface area contributed by atoms with Gasteiger partial charge in [-0.15, -0.1) is 0 Å². The molecular formula is C12H13BrN2O2. The number of aryl methyl sites for hydroxylation is 1. The molecule has 2 amide bonds. The van der Waals surface area contributed by atoms with E-state index in [2.05, 4.69) is 20.9 Å². The van der Waals surface area contributed by atoms with Crippen LogP contribution in [0.2, 0.25) is 0 Å². The fourth-order valence-electron chi connectivity index (χ4n) is 1.89. The number of nitrogens with zero attached hydrogens (tertiary/aromatic N) is 2. The van der Waals surface area contributed by atoms with Crippen LogP contribution >= 0.6 is 15.9 Å². The summed E-state index contributed by atoms with van der Waals surface area (Å²) in [5.74, 6) is 0.223. The van der Waals surface area contributed by atoms with E-state index >= 15 is 0 Å². The lowest BCUT2D eigenvalue weighted by Crippen LogP contribution is -2.43. The van der Waals surface area contributed by atoms with Crippen molar-refractivity contribution >= 4 is 33.6 Å². The van der Waals surface area contributed by atoms with E-state index in [-0.39, 0.29) is 17.7 Å². The van der Waals surface area contributed by atoms with Crippen LogP contribution in [0.5, 0.6) is 0 Å². The van der Waals surface area contributed by atoms with E-state index < -0.39 is 0 Å². The molecule has 1 aliphatic heterocycles. The summed E-state index contributed by atoms with van der Waals surface area (Å²) < 4.78 is 0.867. The van der Waals surface area contributed by atoms with Gasteiger partial charge in [-0.2, -0.15) is 0 Å². The molecule has 0 unspecified atom stereocenters. The Morgan fingerprint density at radius 2 is 1.94 bits per heavy atom. The number of piperidine rings is 1. The molecule has 0 saturated carbocycles. The van der Waals surface area contributed by atoms with Gasteiger partial charge in [0.1, 0.15) is 5.82 Å². The zero-order chi connectivity index (χ0) is 12.6. The largest absolute Gasteiger partial charge is 0.274 e. The number of carbonyl (C=O) groups is 2. The van der Waals surface area contributed by atoms with Gasteiger partial charge in [0, 0.05) is 23.5 Å². The molecule has 1 saturated heterocycles. The minimum atomic E-state index is -0.164. The number of imide groups is 1. The van der Waals surface area contributed by atoms with Crippen molar-refractivity contribution in [2.45, 2.75) is 26.7 Å². The third-order valence-corrected chi connectivity index (χ3v) is 3.64. The van der Waals surface area contributed by atoms with Crippen molar-refractivity contribution in [3.05, 3.63) is 22.3 Å². The number of rotatable bonds is 1. The van der Waals surface area contributed by atoms with Crippen LogP contribution in [0.3, 0.4) is 0 Å². The highest BCUT2D eigenvalue weighted by molar-refractivity contribution is 9.10. The number of anilines is 1. The summed E-state index contributed by atoms with van der Waals surface area (Å²) in [6, 6.07) is 1.75. The number of halogens is 1. The minimum absolute atomic E-state index is 0.128. The Labute approximate surface area is 108 Å². The maximum absolute atomic E-state index is 11.9. The molecule has 0 bridgehead atoms. The number of aromatic nitrogens is 1. The fraction of sp³-hybridized carbons (Fsp3) is 0.417. The number of carbonyl (C=O) groups excluding carboxylic acids is 2. The summed E-state index contributed by atoms with van der Waals surface area (Å²) in [6.45, 7) is 3.81. The normalized spacial score (nSPS) is 17.7. The van der Waals surface area contributed by atoms with Crippen LogP contribution in [0.15, 0.2) is 16.7 Å². The van der Waals surface area contributed by atoms with E-state index in [1.165, 1.54) is 4.90 Å². The lowest BCUT2D eigenvalue weighted by Gasteiger charge is -2.27. The average molecular weight is 297 g/mol. The van der Waals surface area contributed by atoms with Gasteiger partial charge >= 0.3 is 0 Å². The van der Waals surface area contributed by atoms with Crippen LogP contribution in [0, 0.1) is 12.8 Å². The Morgan fingerprint density at radius 3 is 2.47 bits per heavy atom. The van der Waals surface area contributed by atoms with Crippen molar-refractivity contribution in [2.75, 3.05) is 4.90 Å². The first-order valence-electron chi connectivity index (χ1n) is 5.47. The second-order valence-corrected chi connectivity index (χ2v) is 5.28. The van der Waals surface area contributed by atoms with E-state index in [4.69, 9.17) is 0 Å². The van der Waals surface area contributed by atoms with Crippen molar-refractivity contribution in [2.24, 2.45) is 5.92 Å². The van der Waals surface area contributed by atoms with Crippen molar-refractivity contribution in [1.29, 1.82) is 0 Å².